The van der Waals surface area contributed by atoms with Crippen LogP contribution in [0, 0.1) is 29.1 Å². The molecule has 21 heavy (non-hydrogen) atoms. The van der Waals surface area contributed by atoms with Crippen molar-refractivity contribution in [1.82, 2.24) is 9.29 Å². The van der Waals surface area contributed by atoms with Gasteiger partial charge in [0.1, 0.15) is 4.90 Å². The molecule has 1 aromatic heterocycles. The number of pyridine rings is 1. The molecule has 0 aliphatic carbocycles. The molecule has 0 radical (unpaired) electrons. The maximum absolute atomic E-state index is 12.4. The number of nitriles is 1. The van der Waals surface area contributed by atoms with E-state index >= 15 is 0 Å². The molecule has 0 fully saturated rings. The first kappa shape index (κ1) is 17.1. The second-order valence-electron chi connectivity index (χ2n) is 4.50. The van der Waals surface area contributed by atoms with Gasteiger partial charge in [-0.15, -0.1) is 0 Å². The van der Waals surface area contributed by atoms with Gasteiger partial charge in [-0.25, -0.2) is 8.42 Å². The van der Waals surface area contributed by atoms with Crippen molar-refractivity contribution in [2.24, 2.45) is 5.92 Å². The lowest BCUT2D eigenvalue weighted by Gasteiger charge is -2.17. The lowest BCUT2D eigenvalue weighted by molar-refractivity contribution is 0.305. The molecule has 0 bridgehead atoms. The fraction of sp³-hybridized carbons (Fsp3) is 0.429. The van der Waals surface area contributed by atoms with Crippen LogP contribution in [0.3, 0.4) is 0 Å². The van der Waals surface area contributed by atoms with Gasteiger partial charge in [-0.3, -0.25) is 4.98 Å². The summed E-state index contributed by atoms with van der Waals surface area (Å²) in [5.74, 6) is 5.05. The van der Waals surface area contributed by atoms with Crippen LogP contribution in [0.15, 0.2) is 23.4 Å². The number of hydrogen-bond acceptors (Lipinski definition) is 5. The Morgan fingerprint density at radius 3 is 2.81 bits per heavy atom. The van der Waals surface area contributed by atoms with Crippen LogP contribution in [0.5, 0.6) is 0 Å². The number of hydrogen-bond donors (Lipinski definition) is 1. The van der Waals surface area contributed by atoms with Gasteiger partial charge in [0.15, 0.2) is 0 Å². The molecule has 1 unspecified atom stereocenters. The summed E-state index contributed by atoms with van der Waals surface area (Å²) in [6.45, 7) is 1.72. The topological polar surface area (TPSA) is 94.3 Å². The highest BCUT2D eigenvalue weighted by Gasteiger charge is 2.22. The molecular formula is C14H17N3O3S. The maximum atomic E-state index is 12.4. The number of aromatic nitrogens is 1. The van der Waals surface area contributed by atoms with Gasteiger partial charge in [0, 0.05) is 38.0 Å². The highest BCUT2D eigenvalue weighted by Crippen LogP contribution is 2.15. The summed E-state index contributed by atoms with van der Waals surface area (Å²) in [5.41, 5.74) is 0.464. The Morgan fingerprint density at radius 1 is 1.48 bits per heavy atom. The molecule has 0 aliphatic rings. The smallest absolute Gasteiger partial charge is 0.244 e. The van der Waals surface area contributed by atoms with E-state index in [1.54, 1.807) is 6.92 Å². The molecule has 0 aliphatic heterocycles. The molecule has 1 rings (SSSR count). The summed E-state index contributed by atoms with van der Waals surface area (Å²) >= 11 is 0. The van der Waals surface area contributed by atoms with Gasteiger partial charge in [0.2, 0.25) is 10.0 Å². The van der Waals surface area contributed by atoms with Crippen LogP contribution in [0.1, 0.15) is 18.9 Å². The standard InChI is InChI=1S/C14H17N3O3S/c1-12(8-15)11-17(2)21(19,20)14-7-13(9-16-10-14)5-3-4-6-18/h7,9-10,12,18H,4,6,11H2,1-2H3. The van der Waals surface area contributed by atoms with E-state index in [0.717, 1.165) is 4.31 Å². The molecule has 0 aromatic carbocycles. The van der Waals surface area contributed by atoms with Crippen LogP contribution in [0.4, 0.5) is 0 Å². The predicted octanol–water partition coefficient (Wildman–Crippen LogP) is 0.596. The first-order valence-electron chi connectivity index (χ1n) is 6.32. The molecule has 1 heterocycles. The number of aliphatic hydroxyl groups excluding tert-OH is 1. The van der Waals surface area contributed by atoms with Gasteiger partial charge < -0.3 is 5.11 Å². The summed E-state index contributed by atoms with van der Waals surface area (Å²) in [4.78, 5) is 3.91. The Balaban J connectivity index is 3.02. The lowest BCUT2D eigenvalue weighted by Crippen LogP contribution is -2.30. The normalized spacial score (nSPS) is 12.3. The third-order valence-electron chi connectivity index (χ3n) is 2.64. The average Bonchev–Trinajstić information content (AvgIpc) is 2.47. The van der Waals surface area contributed by atoms with Gasteiger partial charge in [-0.2, -0.15) is 9.57 Å². The summed E-state index contributed by atoms with van der Waals surface area (Å²) in [7, 11) is -2.27. The fourth-order valence-corrected chi connectivity index (χ4v) is 2.80. The summed E-state index contributed by atoms with van der Waals surface area (Å²) in [6.07, 6.45) is 3.03. The second-order valence-corrected chi connectivity index (χ2v) is 6.55. The fourth-order valence-electron chi connectivity index (χ4n) is 1.55. The molecule has 112 valence electrons. The minimum absolute atomic E-state index is 0.0333. The zero-order valence-electron chi connectivity index (χ0n) is 11.9. The van der Waals surface area contributed by atoms with Crippen LogP contribution in [0.25, 0.3) is 0 Å². The zero-order chi connectivity index (χ0) is 15.9. The van der Waals surface area contributed by atoms with Crippen molar-refractivity contribution in [3.63, 3.8) is 0 Å². The van der Waals surface area contributed by atoms with E-state index < -0.39 is 15.9 Å². The minimum atomic E-state index is -3.69. The molecular weight excluding hydrogens is 290 g/mol. The van der Waals surface area contributed by atoms with Gasteiger partial charge in [-0.05, 0) is 13.0 Å². The molecule has 7 heteroatoms. The van der Waals surface area contributed by atoms with Crippen LogP contribution < -0.4 is 0 Å². The van der Waals surface area contributed by atoms with Crippen molar-refractivity contribution in [2.75, 3.05) is 20.2 Å². The zero-order valence-corrected chi connectivity index (χ0v) is 12.8. The van der Waals surface area contributed by atoms with E-state index in [9.17, 15) is 8.42 Å². The van der Waals surface area contributed by atoms with Crippen LogP contribution >= 0.6 is 0 Å². The number of nitrogens with zero attached hydrogens (tertiary/aromatic N) is 3. The largest absolute Gasteiger partial charge is 0.395 e. The Bertz CT molecular complexity index is 683. The molecule has 0 saturated heterocycles. The van der Waals surface area contributed by atoms with E-state index in [2.05, 4.69) is 16.8 Å². The monoisotopic (exact) mass is 307 g/mol. The highest BCUT2D eigenvalue weighted by molar-refractivity contribution is 7.89. The Hall–Kier alpha value is -1.93. The molecule has 6 nitrogen and oxygen atoms in total. The van der Waals surface area contributed by atoms with E-state index in [-0.39, 0.29) is 18.0 Å². The third kappa shape index (κ3) is 4.83. The number of aliphatic hydroxyl groups is 1. The number of sulfonamides is 1. The van der Waals surface area contributed by atoms with Crippen molar-refractivity contribution < 1.29 is 13.5 Å². The molecule has 0 saturated carbocycles. The Kier molecular flexibility index (Phi) is 6.32. The van der Waals surface area contributed by atoms with Crippen LogP contribution in [0.2, 0.25) is 0 Å². The number of rotatable bonds is 5. The van der Waals surface area contributed by atoms with Gasteiger partial charge in [0.25, 0.3) is 0 Å². The third-order valence-corrected chi connectivity index (χ3v) is 4.43. The van der Waals surface area contributed by atoms with Crippen molar-refractivity contribution in [3.05, 3.63) is 24.0 Å². The van der Waals surface area contributed by atoms with Crippen molar-refractivity contribution >= 4 is 10.0 Å². The first-order chi connectivity index (χ1) is 9.91. The van der Waals surface area contributed by atoms with E-state index in [1.807, 2.05) is 6.07 Å². The summed E-state index contributed by atoms with van der Waals surface area (Å²) in [6, 6.07) is 3.43. The van der Waals surface area contributed by atoms with E-state index in [0.29, 0.717) is 12.0 Å². The van der Waals surface area contributed by atoms with Crippen molar-refractivity contribution in [3.8, 4) is 17.9 Å². The first-order valence-corrected chi connectivity index (χ1v) is 7.76. The minimum Gasteiger partial charge on any atom is -0.395 e. The molecule has 0 amide bonds. The predicted molar refractivity (Wildman–Crippen MR) is 77.4 cm³/mol. The second kappa shape index (κ2) is 7.75. The average molecular weight is 307 g/mol. The maximum Gasteiger partial charge on any atom is 0.244 e. The Labute approximate surface area is 125 Å². The lowest BCUT2D eigenvalue weighted by atomic mass is 10.2. The molecule has 0 spiro atoms. The van der Waals surface area contributed by atoms with Gasteiger partial charge in [0.05, 0.1) is 18.6 Å². The van der Waals surface area contributed by atoms with Crippen molar-refractivity contribution in [1.29, 1.82) is 5.26 Å². The quantitative estimate of drug-likeness (QED) is 0.804. The molecule has 1 aromatic rings. The highest BCUT2D eigenvalue weighted by atomic mass is 32.2. The Morgan fingerprint density at radius 2 is 2.19 bits per heavy atom. The summed E-state index contributed by atoms with van der Waals surface area (Å²) in [5, 5.41) is 17.4. The van der Waals surface area contributed by atoms with E-state index in [4.69, 9.17) is 10.4 Å². The van der Waals surface area contributed by atoms with Crippen molar-refractivity contribution in [2.45, 2.75) is 18.2 Å². The SMILES string of the molecule is CC(C#N)CN(C)S(=O)(=O)c1cncc(C#CCCO)c1. The summed E-state index contributed by atoms with van der Waals surface area (Å²) < 4.78 is 25.8. The van der Waals surface area contributed by atoms with Gasteiger partial charge >= 0.3 is 0 Å². The molecule has 1 N–H and O–H groups in total. The van der Waals surface area contributed by atoms with Gasteiger partial charge in [-0.1, -0.05) is 11.8 Å². The molecule has 1 atom stereocenters. The van der Waals surface area contributed by atoms with Crippen LogP contribution in [-0.2, 0) is 10.0 Å². The van der Waals surface area contributed by atoms with E-state index in [1.165, 1.54) is 25.5 Å². The van der Waals surface area contributed by atoms with Crippen LogP contribution in [-0.4, -0.2) is 43.0 Å².